The van der Waals surface area contributed by atoms with E-state index in [1.807, 2.05) is 72.8 Å². The number of amides is 3. The van der Waals surface area contributed by atoms with Gasteiger partial charge in [0.2, 0.25) is 17.7 Å². The summed E-state index contributed by atoms with van der Waals surface area (Å²) in [7, 11) is 5.24. The second-order valence-electron chi connectivity index (χ2n) is 30.4. The maximum absolute atomic E-state index is 15.2. The first-order chi connectivity index (χ1) is 48.9. The van der Waals surface area contributed by atoms with E-state index < -0.39 is 17.8 Å². The molecule has 0 radical (unpaired) electrons. The molecule has 1 fully saturated rings. The van der Waals surface area contributed by atoms with Crippen molar-refractivity contribution >= 4 is 34.8 Å². The molecule has 0 spiro atoms. The fraction of sp³-hybridized carbons (Fsp3) is 0.226. The Hall–Kier alpha value is -10.5. The van der Waals surface area contributed by atoms with Crippen molar-refractivity contribution in [3.8, 4) is 101 Å². The van der Waals surface area contributed by atoms with Gasteiger partial charge >= 0.3 is 20.1 Å². The number of carbonyl (C=O) groups excluding carboxylic acids is 3. The third-order valence-electron chi connectivity index (χ3n) is 20.1. The molecule has 9 aromatic carbocycles. The Balaban J connectivity index is 0.00001000. The Morgan fingerprint density at radius 3 is 0.777 bits per heavy atom. The summed E-state index contributed by atoms with van der Waals surface area (Å²) in [5.41, 5.74) is 23.2. The minimum atomic E-state index is -0.685. The van der Waals surface area contributed by atoms with Crippen LogP contribution in [0.15, 0.2) is 255 Å². The first-order valence-electron chi connectivity index (χ1n) is 35.3. The summed E-state index contributed by atoms with van der Waals surface area (Å²) in [5.74, 6) is -2.67. The van der Waals surface area contributed by atoms with Crippen LogP contribution in [0.4, 0.5) is 17.1 Å². The molecule has 12 aromatic rings. The summed E-state index contributed by atoms with van der Waals surface area (Å²) in [6.45, 7) is 20.1. The van der Waals surface area contributed by atoms with Gasteiger partial charge in [0.15, 0.2) is 0 Å². The van der Waals surface area contributed by atoms with E-state index in [-0.39, 0.29) is 73.3 Å². The van der Waals surface area contributed by atoms with Gasteiger partial charge in [0.1, 0.15) is 0 Å². The number of hydrogen-bond donors (Lipinski definition) is 0. The molecule has 1 aliphatic carbocycles. The molecule has 103 heavy (non-hydrogen) atoms. The molecule has 0 bridgehead atoms. The number of benzene rings is 9. The molecule has 3 heterocycles. The van der Waals surface area contributed by atoms with Crippen LogP contribution in [0.25, 0.3) is 101 Å². The number of nitrogens with zero attached hydrogens (tertiary/aromatic N) is 6. The number of pyridine rings is 3. The number of rotatable bonds is 15. The first-order valence-corrected chi connectivity index (χ1v) is 35.3. The minimum Gasteiger partial charge on any atom is -0.314 e. The Labute approximate surface area is 622 Å². The summed E-state index contributed by atoms with van der Waals surface area (Å²) < 4.78 is 0. The fourth-order valence-electron chi connectivity index (χ4n) is 13.8. The molecule has 3 aromatic heterocycles. The standard InChI is InChI=1S/C93H87N6O3.Ir/c1-91(2,3)79-52-70(61-25-16-13-17-26-61)46-73(55-79)64-31-22-34-67(43-64)85-40-37-82(58-94-85)97(10)88(100)76-49-77(89(101)98(11)83-38-41-86(95-59-83)68-35-23-32-65(44-68)74-47-71(62-27-18-14-19-28-62)53-80(56-74)92(4,5)6)51-78(50-76)90(102)99(12)84-39-42-87(96-60-84)69-36-24-33-66(45-69)75-48-72(63-29-20-15-21-30-63)54-81(57-75)93(7,8)9;/h13-33,37-48,52-60,76-78H,49-51H2,1-12H3;/q-3;+3. The summed E-state index contributed by atoms with van der Waals surface area (Å²) in [5, 5.41) is 0. The van der Waals surface area contributed by atoms with E-state index in [1.54, 1.807) is 54.4 Å². The van der Waals surface area contributed by atoms with Gasteiger partial charge in [-0.1, -0.05) is 208 Å². The van der Waals surface area contributed by atoms with Crippen LogP contribution in [0.3, 0.4) is 0 Å². The van der Waals surface area contributed by atoms with E-state index in [1.165, 1.54) is 16.7 Å². The maximum atomic E-state index is 15.2. The van der Waals surface area contributed by atoms with Crippen LogP contribution in [0.2, 0.25) is 0 Å². The minimum absolute atomic E-state index is 0. The number of anilines is 3. The zero-order valence-corrected chi connectivity index (χ0v) is 63.2. The van der Waals surface area contributed by atoms with Crippen LogP contribution in [0.1, 0.15) is 98.3 Å². The smallest absolute Gasteiger partial charge is 0.314 e. The van der Waals surface area contributed by atoms with Crippen molar-refractivity contribution in [3.63, 3.8) is 0 Å². The van der Waals surface area contributed by atoms with E-state index in [4.69, 9.17) is 15.0 Å². The van der Waals surface area contributed by atoms with Gasteiger partial charge in [-0.15, -0.1) is 106 Å². The molecule has 0 N–H and O–H groups in total. The molecule has 3 amide bonds. The molecule has 0 aliphatic heterocycles. The fourth-order valence-corrected chi connectivity index (χ4v) is 13.8. The Morgan fingerprint density at radius 1 is 0.311 bits per heavy atom. The van der Waals surface area contributed by atoms with Gasteiger partial charge in [-0.2, -0.15) is 0 Å². The van der Waals surface area contributed by atoms with Crippen LogP contribution in [0.5, 0.6) is 0 Å². The molecular weight excluding hydrogens is 1440 g/mol. The number of carbonyl (C=O) groups is 3. The summed E-state index contributed by atoms with van der Waals surface area (Å²) in [4.78, 5) is 65.1. The molecule has 10 heteroatoms. The molecule has 1 aliphatic rings. The predicted molar refractivity (Wildman–Crippen MR) is 419 cm³/mol. The first kappa shape index (κ1) is 72.3. The monoisotopic (exact) mass is 1530 g/mol. The molecule has 13 rings (SSSR count). The Morgan fingerprint density at radius 2 is 0.553 bits per heavy atom. The van der Waals surface area contributed by atoms with Gasteiger partial charge in [0.05, 0.1) is 17.1 Å². The molecule has 516 valence electrons. The van der Waals surface area contributed by atoms with Crippen LogP contribution < -0.4 is 14.7 Å². The summed E-state index contributed by atoms with van der Waals surface area (Å²) >= 11 is 0. The van der Waals surface area contributed by atoms with Gasteiger partial charge in [0, 0.05) is 57.5 Å². The van der Waals surface area contributed by atoms with Crippen molar-refractivity contribution in [1.29, 1.82) is 0 Å². The van der Waals surface area contributed by atoms with E-state index in [2.05, 4.69) is 244 Å². The van der Waals surface area contributed by atoms with Crippen molar-refractivity contribution in [2.45, 2.75) is 97.8 Å². The molecule has 0 unspecified atom stereocenters. The second-order valence-corrected chi connectivity index (χ2v) is 30.4. The van der Waals surface area contributed by atoms with Crippen molar-refractivity contribution in [2.24, 2.45) is 17.8 Å². The van der Waals surface area contributed by atoms with Gasteiger partial charge in [-0.3, -0.25) is 14.4 Å². The van der Waals surface area contributed by atoms with E-state index in [0.717, 1.165) is 83.5 Å². The maximum Gasteiger partial charge on any atom is 3.00 e. The zero-order valence-electron chi connectivity index (χ0n) is 60.8. The molecule has 0 atom stereocenters. The van der Waals surface area contributed by atoms with Crippen molar-refractivity contribution < 1.29 is 34.5 Å². The largest absolute Gasteiger partial charge is 3.00 e. The van der Waals surface area contributed by atoms with Crippen molar-refractivity contribution in [2.75, 3.05) is 35.8 Å². The molecule has 9 nitrogen and oxygen atoms in total. The zero-order chi connectivity index (χ0) is 71.6. The second kappa shape index (κ2) is 30.2. The van der Waals surface area contributed by atoms with Gasteiger partial charge < -0.3 is 29.7 Å². The number of hydrogen-bond acceptors (Lipinski definition) is 6. The van der Waals surface area contributed by atoms with Gasteiger partial charge in [0.25, 0.3) is 0 Å². The molecule has 1 saturated carbocycles. The van der Waals surface area contributed by atoms with Crippen molar-refractivity contribution in [3.05, 3.63) is 290 Å². The van der Waals surface area contributed by atoms with E-state index >= 15 is 14.4 Å². The van der Waals surface area contributed by atoms with Crippen LogP contribution in [0, 0.1) is 36.0 Å². The predicted octanol–water partition coefficient (Wildman–Crippen LogP) is 21.5. The van der Waals surface area contributed by atoms with Gasteiger partial charge in [-0.25, -0.2) is 0 Å². The Kier molecular flexibility index (Phi) is 21.2. The summed E-state index contributed by atoms with van der Waals surface area (Å²) in [6.07, 6.45) is 5.86. The van der Waals surface area contributed by atoms with Crippen molar-refractivity contribution in [1.82, 2.24) is 15.0 Å². The molecule has 0 saturated heterocycles. The SMILES string of the molecule is CN(C(=O)C1CC(C(=O)N(C)c2ccc(-c3[c-]ccc(-c4cc(-c5ccccc5)cc(C(C)(C)C)c4)c3)nc2)CC(C(=O)N(C)c2ccc(-c3[c-]ccc(-c4cc(-c5ccccc5)cc(C(C)(C)C)c4)c3)nc2)C1)c1ccc(-c2[c-]ccc(-c3cc(-c4ccccc4)cc(C(C)(C)C)c3)c2)nc1.[Ir+3]. The van der Waals surface area contributed by atoms with E-state index in [9.17, 15) is 0 Å². The van der Waals surface area contributed by atoms with E-state index in [0.29, 0.717) is 34.1 Å². The summed E-state index contributed by atoms with van der Waals surface area (Å²) in [6, 6.07) is 91.9. The average molecular weight is 1530 g/mol. The third-order valence-corrected chi connectivity index (χ3v) is 20.1. The Bertz CT molecular complexity index is 4510. The van der Waals surface area contributed by atoms with Crippen LogP contribution >= 0.6 is 0 Å². The quantitative estimate of drug-likeness (QED) is 0.0948. The normalized spacial score (nSPS) is 14.6. The van der Waals surface area contributed by atoms with Crippen LogP contribution in [-0.2, 0) is 50.7 Å². The topological polar surface area (TPSA) is 99.6 Å². The average Bonchev–Trinajstić information content (AvgIpc) is 0.805. The van der Waals surface area contributed by atoms with Crippen LogP contribution in [-0.4, -0.2) is 53.8 Å². The molecular formula is C93H87IrN6O3. The van der Waals surface area contributed by atoms with Gasteiger partial charge in [-0.05, 0) is 156 Å². The number of aromatic nitrogens is 3. The third kappa shape index (κ3) is 16.4.